The van der Waals surface area contributed by atoms with Crippen LogP contribution in [0.5, 0.6) is 5.75 Å². The molecule has 5 heteroatoms. The molecular weight excluding hydrogens is 264 g/mol. The van der Waals surface area contributed by atoms with Gasteiger partial charge in [0.15, 0.2) is 0 Å². The molecule has 1 aliphatic heterocycles. The van der Waals surface area contributed by atoms with Crippen molar-refractivity contribution in [3.63, 3.8) is 0 Å². The highest BCUT2D eigenvalue weighted by Gasteiger charge is 2.20. The maximum atomic E-state index is 12.3. The summed E-state index contributed by atoms with van der Waals surface area (Å²) in [7, 11) is 0. The second-order valence-electron chi connectivity index (χ2n) is 4.97. The predicted molar refractivity (Wildman–Crippen MR) is 76.0 cm³/mol. The monoisotopic (exact) mass is 282 g/mol. The lowest BCUT2D eigenvalue weighted by atomic mass is 10.1. The van der Waals surface area contributed by atoms with Crippen LogP contribution >= 0.6 is 11.6 Å². The second kappa shape index (κ2) is 6.26. The fourth-order valence-corrected chi connectivity index (χ4v) is 2.25. The van der Waals surface area contributed by atoms with Crippen molar-refractivity contribution in [2.24, 2.45) is 0 Å². The molecule has 1 fully saturated rings. The Morgan fingerprint density at radius 1 is 1.53 bits per heavy atom. The number of hydrogen-bond donors (Lipinski definition) is 2. The summed E-state index contributed by atoms with van der Waals surface area (Å²) in [5.41, 5.74) is 0.494. The average Bonchev–Trinajstić information content (AvgIpc) is 2.83. The third-order valence-corrected chi connectivity index (χ3v) is 3.18. The van der Waals surface area contributed by atoms with Crippen LogP contribution in [-0.4, -0.2) is 31.1 Å². The van der Waals surface area contributed by atoms with E-state index in [1.165, 1.54) is 0 Å². The van der Waals surface area contributed by atoms with Crippen LogP contribution in [0.3, 0.4) is 0 Å². The van der Waals surface area contributed by atoms with Crippen LogP contribution in [-0.2, 0) is 0 Å². The van der Waals surface area contributed by atoms with Crippen molar-refractivity contribution in [1.29, 1.82) is 0 Å². The summed E-state index contributed by atoms with van der Waals surface area (Å²) in [5, 5.41) is 6.74. The Morgan fingerprint density at radius 2 is 2.32 bits per heavy atom. The molecule has 104 valence electrons. The number of hydrogen-bond acceptors (Lipinski definition) is 3. The van der Waals surface area contributed by atoms with E-state index in [1.807, 2.05) is 13.8 Å². The van der Waals surface area contributed by atoms with Gasteiger partial charge in [-0.2, -0.15) is 0 Å². The van der Waals surface area contributed by atoms with E-state index in [0.717, 1.165) is 19.5 Å². The van der Waals surface area contributed by atoms with Gasteiger partial charge in [-0.25, -0.2) is 0 Å². The van der Waals surface area contributed by atoms with Crippen molar-refractivity contribution in [3.05, 3.63) is 28.8 Å². The highest BCUT2D eigenvalue weighted by molar-refractivity contribution is 6.31. The minimum Gasteiger partial charge on any atom is -0.490 e. The molecule has 0 bridgehead atoms. The first-order valence-corrected chi connectivity index (χ1v) is 6.92. The number of ether oxygens (including phenoxy) is 1. The molecule has 1 heterocycles. The Balaban J connectivity index is 2.15. The van der Waals surface area contributed by atoms with Gasteiger partial charge in [0.2, 0.25) is 0 Å². The molecule has 0 spiro atoms. The Hall–Kier alpha value is -1.26. The van der Waals surface area contributed by atoms with Gasteiger partial charge < -0.3 is 15.4 Å². The van der Waals surface area contributed by atoms with Crippen molar-refractivity contribution in [1.82, 2.24) is 10.6 Å². The third kappa shape index (κ3) is 3.85. The van der Waals surface area contributed by atoms with Gasteiger partial charge in [-0.1, -0.05) is 11.6 Å². The van der Waals surface area contributed by atoms with E-state index in [1.54, 1.807) is 18.2 Å². The number of carbonyl (C=O) groups is 1. The van der Waals surface area contributed by atoms with Crippen molar-refractivity contribution in [2.75, 3.05) is 13.1 Å². The van der Waals surface area contributed by atoms with E-state index in [0.29, 0.717) is 16.3 Å². The molecule has 1 amide bonds. The zero-order valence-electron chi connectivity index (χ0n) is 11.2. The van der Waals surface area contributed by atoms with Gasteiger partial charge in [0.1, 0.15) is 5.75 Å². The molecule has 0 aliphatic carbocycles. The summed E-state index contributed by atoms with van der Waals surface area (Å²) in [6.45, 7) is 5.61. The van der Waals surface area contributed by atoms with Gasteiger partial charge in [-0.05, 0) is 45.0 Å². The average molecular weight is 283 g/mol. The van der Waals surface area contributed by atoms with Crippen LogP contribution in [0.2, 0.25) is 5.02 Å². The molecule has 1 unspecified atom stereocenters. The van der Waals surface area contributed by atoms with E-state index in [-0.39, 0.29) is 18.1 Å². The Kier molecular flexibility index (Phi) is 4.66. The minimum absolute atomic E-state index is 0.0147. The van der Waals surface area contributed by atoms with Crippen molar-refractivity contribution >= 4 is 17.5 Å². The molecule has 0 radical (unpaired) electrons. The van der Waals surface area contributed by atoms with Crippen LogP contribution in [0.15, 0.2) is 18.2 Å². The maximum Gasteiger partial charge on any atom is 0.255 e. The molecule has 19 heavy (non-hydrogen) atoms. The molecule has 1 saturated heterocycles. The number of halogens is 1. The van der Waals surface area contributed by atoms with Crippen molar-refractivity contribution < 1.29 is 9.53 Å². The third-order valence-electron chi connectivity index (χ3n) is 2.94. The summed E-state index contributed by atoms with van der Waals surface area (Å²) in [5.74, 6) is 0.440. The van der Waals surface area contributed by atoms with Crippen LogP contribution in [0.4, 0.5) is 0 Å². The fourth-order valence-electron chi connectivity index (χ4n) is 2.08. The summed E-state index contributed by atoms with van der Waals surface area (Å²) in [6, 6.07) is 5.30. The summed E-state index contributed by atoms with van der Waals surface area (Å²) in [6.07, 6.45) is 0.966. The summed E-state index contributed by atoms with van der Waals surface area (Å²) >= 11 is 5.97. The molecule has 0 saturated carbocycles. The first-order valence-electron chi connectivity index (χ1n) is 6.54. The standard InChI is InChI=1S/C14H19ClN2O2/c1-9(2)19-13-4-3-10(15)7-12(13)14(18)17-11-5-6-16-8-11/h3-4,7,9,11,16H,5-6,8H2,1-2H3,(H,17,18). The quantitative estimate of drug-likeness (QED) is 0.890. The fraction of sp³-hybridized carbons (Fsp3) is 0.500. The van der Waals surface area contributed by atoms with E-state index >= 15 is 0 Å². The van der Waals surface area contributed by atoms with Crippen LogP contribution in [0, 0.1) is 0 Å². The van der Waals surface area contributed by atoms with E-state index < -0.39 is 0 Å². The molecule has 0 aromatic heterocycles. The zero-order valence-corrected chi connectivity index (χ0v) is 12.0. The molecule has 4 nitrogen and oxygen atoms in total. The lowest BCUT2D eigenvalue weighted by Crippen LogP contribution is -2.36. The Morgan fingerprint density at radius 3 is 2.95 bits per heavy atom. The van der Waals surface area contributed by atoms with Gasteiger partial charge in [0.25, 0.3) is 5.91 Å². The molecule has 2 N–H and O–H groups in total. The summed E-state index contributed by atoms with van der Waals surface area (Å²) in [4.78, 5) is 12.3. The second-order valence-corrected chi connectivity index (χ2v) is 5.41. The van der Waals surface area contributed by atoms with Gasteiger partial charge in [-0.15, -0.1) is 0 Å². The number of amides is 1. The molecule has 1 aromatic carbocycles. The van der Waals surface area contributed by atoms with Crippen LogP contribution < -0.4 is 15.4 Å². The summed E-state index contributed by atoms with van der Waals surface area (Å²) < 4.78 is 5.65. The molecular formula is C14H19ClN2O2. The lowest BCUT2D eigenvalue weighted by molar-refractivity contribution is 0.0934. The van der Waals surface area contributed by atoms with Gasteiger partial charge in [0.05, 0.1) is 11.7 Å². The van der Waals surface area contributed by atoms with E-state index in [2.05, 4.69) is 10.6 Å². The highest BCUT2D eigenvalue weighted by Crippen LogP contribution is 2.24. The number of carbonyl (C=O) groups excluding carboxylic acids is 1. The van der Waals surface area contributed by atoms with Crippen LogP contribution in [0.1, 0.15) is 30.6 Å². The van der Waals surface area contributed by atoms with Crippen molar-refractivity contribution in [2.45, 2.75) is 32.4 Å². The number of benzene rings is 1. The molecule has 1 aromatic rings. The SMILES string of the molecule is CC(C)Oc1ccc(Cl)cc1C(=O)NC1CCNC1. The minimum atomic E-state index is -0.133. The van der Waals surface area contributed by atoms with Crippen molar-refractivity contribution in [3.8, 4) is 5.75 Å². The Labute approximate surface area is 118 Å². The zero-order chi connectivity index (χ0) is 13.8. The van der Waals surface area contributed by atoms with E-state index in [9.17, 15) is 4.79 Å². The van der Waals surface area contributed by atoms with Gasteiger partial charge >= 0.3 is 0 Å². The van der Waals surface area contributed by atoms with Gasteiger partial charge in [0, 0.05) is 17.6 Å². The number of rotatable bonds is 4. The first-order chi connectivity index (χ1) is 9.06. The number of nitrogens with one attached hydrogen (secondary N) is 2. The largest absolute Gasteiger partial charge is 0.490 e. The topological polar surface area (TPSA) is 50.4 Å². The first kappa shape index (κ1) is 14.2. The molecule has 1 atom stereocenters. The lowest BCUT2D eigenvalue weighted by Gasteiger charge is -2.16. The predicted octanol–water partition coefficient (Wildman–Crippen LogP) is 2.22. The Bertz CT molecular complexity index is 457. The maximum absolute atomic E-state index is 12.3. The van der Waals surface area contributed by atoms with E-state index in [4.69, 9.17) is 16.3 Å². The molecule has 1 aliphatic rings. The molecule has 2 rings (SSSR count). The van der Waals surface area contributed by atoms with Crippen LogP contribution in [0.25, 0.3) is 0 Å². The normalized spacial score (nSPS) is 18.6. The highest BCUT2D eigenvalue weighted by atomic mass is 35.5. The van der Waals surface area contributed by atoms with Gasteiger partial charge in [-0.3, -0.25) is 4.79 Å². The smallest absolute Gasteiger partial charge is 0.255 e.